The fraction of sp³-hybridized carbons (Fsp3) is 0.250. The van der Waals surface area contributed by atoms with E-state index in [0.29, 0.717) is 22.0 Å². The van der Waals surface area contributed by atoms with Gasteiger partial charge in [0.15, 0.2) is 9.84 Å². The van der Waals surface area contributed by atoms with Crippen LogP contribution in [-0.4, -0.2) is 58.4 Å². The first-order valence-electron chi connectivity index (χ1n) is 13.1. The van der Waals surface area contributed by atoms with Gasteiger partial charge in [0.2, 0.25) is 5.95 Å². The lowest BCUT2D eigenvalue weighted by atomic mass is 10.1. The average molecular weight is 624 g/mol. The summed E-state index contributed by atoms with van der Waals surface area (Å²) in [4.78, 5) is 31.5. The largest absolute Gasteiger partial charge is 0.489 e. The van der Waals surface area contributed by atoms with Gasteiger partial charge in [-0.15, -0.1) is 11.3 Å². The number of hydrogen-bond acceptors (Lipinski definition) is 11. The van der Waals surface area contributed by atoms with E-state index in [4.69, 9.17) is 16.3 Å². The van der Waals surface area contributed by atoms with Gasteiger partial charge >= 0.3 is 0 Å². The van der Waals surface area contributed by atoms with Gasteiger partial charge in [-0.05, 0) is 55.8 Å². The number of pyridine rings is 2. The van der Waals surface area contributed by atoms with E-state index in [9.17, 15) is 13.2 Å². The Labute approximate surface area is 250 Å². The van der Waals surface area contributed by atoms with Crippen molar-refractivity contribution in [3.8, 4) is 17.0 Å². The lowest BCUT2D eigenvalue weighted by molar-refractivity contribution is 0.167. The third-order valence-electron chi connectivity index (χ3n) is 6.77. The number of nitrogens with one attached hydrogen (secondary N) is 2. The van der Waals surface area contributed by atoms with E-state index >= 15 is 0 Å². The molecule has 14 heteroatoms. The lowest BCUT2D eigenvalue weighted by Crippen LogP contribution is -2.37. The van der Waals surface area contributed by atoms with Crippen molar-refractivity contribution in [2.75, 3.05) is 24.7 Å². The standard InChI is InChI=1S/C28H26ClN7O4S2/c1-42(38,39)21-12-23(29)25(32-15-21)22-11-17-13-33-28(35-26(17)36(27(22)37)16-24-31-9-10-41-24)34-18-4-6-19(7-5-18)40-20-3-2-8-30-14-20/h4-7,9-13,15,20,30H,2-3,8,14,16H2,1H3,(H,33,34,35). The van der Waals surface area contributed by atoms with Gasteiger partial charge in [0.25, 0.3) is 5.56 Å². The summed E-state index contributed by atoms with van der Waals surface area (Å²) in [6, 6.07) is 10.5. The molecule has 1 aliphatic rings. The van der Waals surface area contributed by atoms with Crippen LogP contribution >= 0.6 is 22.9 Å². The topological polar surface area (TPSA) is 141 Å². The number of benzene rings is 1. The van der Waals surface area contributed by atoms with Crippen molar-refractivity contribution < 1.29 is 13.2 Å². The summed E-state index contributed by atoms with van der Waals surface area (Å²) in [6.07, 6.45) is 7.81. The molecule has 1 atom stereocenters. The number of piperidine rings is 1. The number of nitrogens with zero attached hydrogens (tertiary/aromatic N) is 5. The van der Waals surface area contributed by atoms with Gasteiger partial charge in [0, 0.05) is 47.8 Å². The quantitative estimate of drug-likeness (QED) is 0.257. The summed E-state index contributed by atoms with van der Waals surface area (Å²) in [5.74, 6) is 1.09. The smallest absolute Gasteiger partial charge is 0.262 e. The molecule has 5 heterocycles. The zero-order chi connectivity index (χ0) is 29.3. The predicted molar refractivity (Wildman–Crippen MR) is 163 cm³/mol. The maximum atomic E-state index is 13.8. The Balaban J connectivity index is 1.35. The van der Waals surface area contributed by atoms with Crippen LogP contribution in [0.5, 0.6) is 5.75 Å². The minimum Gasteiger partial charge on any atom is -0.489 e. The molecule has 11 nitrogen and oxygen atoms in total. The molecule has 0 radical (unpaired) electrons. The van der Waals surface area contributed by atoms with Crippen molar-refractivity contribution in [3.63, 3.8) is 0 Å². The summed E-state index contributed by atoms with van der Waals surface area (Å²) in [6.45, 7) is 2.03. The number of ether oxygens (including phenoxy) is 1. The minimum atomic E-state index is -3.53. The van der Waals surface area contributed by atoms with Crippen LogP contribution in [0.3, 0.4) is 0 Å². The summed E-state index contributed by atoms with van der Waals surface area (Å²) < 4.78 is 31.5. The SMILES string of the molecule is CS(=O)(=O)c1cnc(-c2cc3cnc(Nc4ccc(OC5CCCNC5)cc4)nc3n(Cc3nccs3)c2=O)c(Cl)c1. The van der Waals surface area contributed by atoms with Crippen molar-refractivity contribution in [2.24, 2.45) is 0 Å². The number of halogens is 1. The van der Waals surface area contributed by atoms with Gasteiger partial charge in [-0.1, -0.05) is 11.6 Å². The Hall–Kier alpha value is -3.91. The van der Waals surface area contributed by atoms with Crippen LogP contribution in [0.1, 0.15) is 17.8 Å². The van der Waals surface area contributed by atoms with Crippen molar-refractivity contribution in [3.05, 3.63) is 80.8 Å². The monoisotopic (exact) mass is 623 g/mol. The first-order valence-corrected chi connectivity index (χ1v) is 16.3. The van der Waals surface area contributed by atoms with Crippen LogP contribution in [0, 0.1) is 0 Å². The normalized spacial score (nSPS) is 15.5. The molecular formula is C28H26ClN7O4S2. The molecule has 1 unspecified atom stereocenters. The number of thiazole rings is 1. The number of anilines is 2. The third kappa shape index (κ3) is 6.14. The Kier molecular flexibility index (Phi) is 7.90. The van der Waals surface area contributed by atoms with Gasteiger partial charge in [0.05, 0.1) is 27.7 Å². The molecule has 42 heavy (non-hydrogen) atoms. The Morgan fingerprint density at radius 2 is 2.00 bits per heavy atom. The molecule has 5 aromatic rings. The van der Waals surface area contributed by atoms with Crippen LogP contribution < -0.4 is 20.9 Å². The highest BCUT2D eigenvalue weighted by Gasteiger charge is 2.20. The zero-order valence-electron chi connectivity index (χ0n) is 22.4. The van der Waals surface area contributed by atoms with E-state index < -0.39 is 15.4 Å². The van der Waals surface area contributed by atoms with E-state index in [-0.39, 0.29) is 33.8 Å². The van der Waals surface area contributed by atoms with Crippen molar-refractivity contribution in [1.29, 1.82) is 0 Å². The molecule has 216 valence electrons. The summed E-state index contributed by atoms with van der Waals surface area (Å²) in [5.41, 5.74) is 1.11. The maximum Gasteiger partial charge on any atom is 0.262 e. The highest BCUT2D eigenvalue weighted by Crippen LogP contribution is 2.28. The first kappa shape index (κ1) is 28.2. The Morgan fingerprint density at radius 1 is 1.17 bits per heavy atom. The fourth-order valence-electron chi connectivity index (χ4n) is 4.68. The van der Waals surface area contributed by atoms with E-state index in [0.717, 1.165) is 43.6 Å². The fourth-order valence-corrected chi connectivity index (χ4v) is 6.20. The molecule has 6 rings (SSSR count). The van der Waals surface area contributed by atoms with E-state index in [1.807, 2.05) is 29.6 Å². The molecule has 1 fully saturated rings. The molecule has 0 saturated carbocycles. The second-order valence-corrected chi connectivity index (χ2v) is 13.3. The molecule has 1 saturated heterocycles. The molecule has 0 bridgehead atoms. The van der Waals surface area contributed by atoms with Gasteiger partial charge in [0.1, 0.15) is 22.5 Å². The molecule has 1 aromatic carbocycles. The van der Waals surface area contributed by atoms with Crippen LogP contribution in [0.25, 0.3) is 22.3 Å². The highest BCUT2D eigenvalue weighted by molar-refractivity contribution is 7.90. The maximum absolute atomic E-state index is 13.8. The van der Waals surface area contributed by atoms with Crippen LogP contribution in [0.4, 0.5) is 11.6 Å². The predicted octanol–water partition coefficient (Wildman–Crippen LogP) is 4.29. The number of fused-ring (bicyclic) bond motifs is 1. The zero-order valence-corrected chi connectivity index (χ0v) is 24.8. The molecule has 1 aliphatic heterocycles. The van der Waals surface area contributed by atoms with E-state index in [1.54, 1.807) is 18.5 Å². The van der Waals surface area contributed by atoms with Crippen molar-refractivity contribution in [1.82, 2.24) is 29.8 Å². The van der Waals surface area contributed by atoms with Gasteiger partial charge in [-0.3, -0.25) is 14.3 Å². The molecule has 2 N–H and O–H groups in total. The summed E-state index contributed by atoms with van der Waals surface area (Å²) in [7, 11) is -3.53. The molecule has 0 spiro atoms. The average Bonchev–Trinajstić information content (AvgIpc) is 3.49. The van der Waals surface area contributed by atoms with Gasteiger partial charge < -0.3 is 15.4 Å². The van der Waals surface area contributed by atoms with Crippen LogP contribution in [0.15, 0.2) is 70.1 Å². The lowest BCUT2D eigenvalue weighted by Gasteiger charge is -2.24. The van der Waals surface area contributed by atoms with Crippen molar-refractivity contribution >= 4 is 55.4 Å². The second-order valence-electron chi connectivity index (χ2n) is 9.86. The number of rotatable bonds is 8. The number of hydrogen-bond donors (Lipinski definition) is 2. The molecule has 0 amide bonds. The summed E-state index contributed by atoms with van der Waals surface area (Å²) in [5, 5.41) is 9.69. The Morgan fingerprint density at radius 3 is 2.69 bits per heavy atom. The second kappa shape index (κ2) is 11.8. The van der Waals surface area contributed by atoms with Crippen LogP contribution in [0.2, 0.25) is 5.02 Å². The minimum absolute atomic E-state index is 0.0372. The highest BCUT2D eigenvalue weighted by atomic mass is 35.5. The van der Waals surface area contributed by atoms with Crippen molar-refractivity contribution in [2.45, 2.75) is 30.4 Å². The van der Waals surface area contributed by atoms with Crippen LogP contribution in [-0.2, 0) is 16.4 Å². The Bertz CT molecular complexity index is 1910. The number of aromatic nitrogens is 5. The molecule has 4 aromatic heterocycles. The third-order valence-corrected chi connectivity index (χ3v) is 8.90. The van der Waals surface area contributed by atoms with E-state index in [1.165, 1.54) is 28.2 Å². The van der Waals surface area contributed by atoms with E-state index in [2.05, 4.69) is 30.6 Å². The summed E-state index contributed by atoms with van der Waals surface area (Å²) >= 11 is 7.84. The number of sulfone groups is 1. The molecule has 0 aliphatic carbocycles. The first-order chi connectivity index (χ1) is 20.2. The van der Waals surface area contributed by atoms with Gasteiger partial charge in [-0.2, -0.15) is 4.98 Å². The molecular weight excluding hydrogens is 598 g/mol. The van der Waals surface area contributed by atoms with Gasteiger partial charge in [-0.25, -0.2) is 18.4 Å².